The van der Waals surface area contributed by atoms with Gasteiger partial charge in [0.2, 0.25) is 0 Å². The first-order chi connectivity index (χ1) is 13.5. The molecule has 2 amide bonds. The SMILES string of the molecule is O=C(NN1C(=O)/C(=C/c2coc3ccccc3c2=O)SC1=S)c1ccccc1. The van der Waals surface area contributed by atoms with Gasteiger partial charge in [-0.1, -0.05) is 42.1 Å². The molecule has 138 valence electrons. The highest BCUT2D eigenvalue weighted by molar-refractivity contribution is 8.26. The number of hydrazine groups is 1. The van der Waals surface area contributed by atoms with Crippen molar-refractivity contribution in [2.75, 3.05) is 0 Å². The third-order valence-electron chi connectivity index (χ3n) is 4.04. The smallest absolute Gasteiger partial charge is 0.285 e. The summed E-state index contributed by atoms with van der Waals surface area (Å²) in [5.41, 5.74) is 3.34. The molecule has 1 saturated heterocycles. The van der Waals surface area contributed by atoms with E-state index < -0.39 is 11.8 Å². The van der Waals surface area contributed by atoms with Crippen LogP contribution in [-0.4, -0.2) is 21.1 Å². The van der Waals surface area contributed by atoms with E-state index in [2.05, 4.69) is 5.43 Å². The Labute approximate surface area is 168 Å². The maximum Gasteiger partial charge on any atom is 0.285 e. The number of fused-ring (bicyclic) bond motifs is 1. The standard InChI is InChI=1S/C20H12N2O4S2/c23-17-13(11-26-15-9-5-4-8-14(15)17)10-16-19(25)22(20(27)28-16)21-18(24)12-6-2-1-3-7-12/h1-11H,(H,21,24)/b16-10-. The van der Waals surface area contributed by atoms with Gasteiger partial charge in [-0.25, -0.2) is 0 Å². The van der Waals surface area contributed by atoms with Gasteiger partial charge in [0.1, 0.15) is 11.8 Å². The number of hydrogen-bond acceptors (Lipinski definition) is 6. The van der Waals surface area contributed by atoms with Gasteiger partial charge in [-0.05, 0) is 42.6 Å². The second-order valence-electron chi connectivity index (χ2n) is 5.84. The average Bonchev–Trinajstić information content (AvgIpc) is 2.98. The molecular formula is C20H12N2O4S2. The molecule has 0 saturated carbocycles. The van der Waals surface area contributed by atoms with Crippen LogP contribution >= 0.6 is 24.0 Å². The van der Waals surface area contributed by atoms with Crippen molar-refractivity contribution >= 4 is 57.2 Å². The van der Waals surface area contributed by atoms with Crippen LogP contribution in [0.4, 0.5) is 0 Å². The molecule has 4 rings (SSSR count). The van der Waals surface area contributed by atoms with E-state index in [1.807, 2.05) is 0 Å². The van der Waals surface area contributed by atoms with Crippen LogP contribution in [-0.2, 0) is 4.79 Å². The molecule has 0 atom stereocenters. The highest BCUT2D eigenvalue weighted by Crippen LogP contribution is 2.31. The van der Waals surface area contributed by atoms with E-state index in [0.717, 1.165) is 16.8 Å². The number of thiocarbonyl (C=S) groups is 1. The van der Waals surface area contributed by atoms with Gasteiger partial charge < -0.3 is 4.42 Å². The van der Waals surface area contributed by atoms with Gasteiger partial charge in [0, 0.05) is 5.56 Å². The highest BCUT2D eigenvalue weighted by Gasteiger charge is 2.34. The lowest BCUT2D eigenvalue weighted by Crippen LogP contribution is -2.44. The van der Waals surface area contributed by atoms with Crippen LogP contribution in [0, 0.1) is 0 Å². The maximum absolute atomic E-state index is 12.7. The summed E-state index contributed by atoms with van der Waals surface area (Å²) in [7, 11) is 0. The summed E-state index contributed by atoms with van der Waals surface area (Å²) in [4.78, 5) is 37.8. The Kier molecular flexibility index (Phi) is 4.81. The monoisotopic (exact) mass is 408 g/mol. The van der Waals surface area contributed by atoms with Gasteiger partial charge in [-0.3, -0.25) is 19.8 Å². The third kappa shape index (κ3) is 3.35. The number of carbonyl (C=O) groups is 2. The lowest BCUT2D eigenvalue weighted by Gasteiger charge is -2.15. The second-order valence-corrected chi connectivity index (χ2v) is 7.52. The largest absolute Gasteiger partial charge is 0.463 e. The minimum Gasteiger partial charge on any atom is -0.463 e. The predicted octanol–water partition coefficient (Wildman–Crippen LogP) is 3.34. The minimum atomic E-state index is -0.508. The van der Waals surface area contributed by atoms with Gasteiger partial charge in [-0.2, -0.15) is 5.01 Å². The number of carbonyl (C=O) groups excluding carboxylic acids is 2. The molecule has 28 heavy (non-hydrogen) atoms. The van der Waals surface area contributed by atoms with Crippen LogP contribution in [0.5, 0.6) is 0 Å². The fourth-order valence-corrected chi connectivity index (χ4v) is 3.82. The van der Waals surface area contributed by atoms with E-state index in [4.69, 9.17) is 16.6 Å². The molecule has 1 aliphatic heterocycles. The molecule has 1 aromatic heterocycles. The first-order valence-corrected chi connectivity index (χ1v) is 9.41. The summed E-state index contributed by atoms with van der Waals surface area (Å²) in [6, 6.07) is 15.3. The molecule has 0 bridgehead atoms. The first kappa shape index (κ1) is 18.1. The van der Waals surface area contributed by atoms with Gasteiger partial charge in [-0.15, -0.1) is 0 Å². The van der Waals surface area contributed by atoms with Crippen molar-refractivity contribution in [1.82, 2.24) is 10.4 Å². The number of para-hydroxylation sites is 1. The zero-order valence-corrected chi connectivity index (χ0v) is 15.9. The number of benzene rings is 2. The summed E-state index contributed by atoms with van der Waals surface area (Å²) in [5, 5.41) is 1.42. The number of rotatable bonds is 3. The van der Waals surface area contributed by atoms with E-state index in [0.29, 0.717) is 16.5 Å². The fourth-order valence-electron chi connectivity index (χ4n) is 2.65. The van der Waals surface area contributed by atoms with E-state index in [-0.39, 0.29) is 20.2 Å². The Bertz CT molecular complexity index is 1200. The fraction of sp³-hybridized carbons (Fsp3) is 0. The van der Waals surface area contributed by atoms with Crippen molar-refractivity contribution in [3.63, 3.8) is 0 Å². The highest BCUT2D eigenvalue weighted by atomic mass is 32.2. The van der Waals surface area contributed by atoms with Crippen LogP contribution in [0.3, 0.4) is 0 Å². The van der Waals surface area contributed by atoms with E-state index in [1.165, 1.54) is 12.3 Å². The van der Waals surface area contributed by atoms with E-state index in [9.17, 15) is 14.4 Å². The second kappa shape index (κ2) is 7.41. The summed E-state index contributed by atoms with van der Waals surface area (Å²) < 4.78 is 5.64. The topological polar surface area (TPSA) is 79.6 Å². The summed E-state index contributed by atoms with van der Waals surface area (Å²) in [6.45, 7) is 0. The molecule has 1 N–H and O–H groups in total. The molecular weight excluding hydrogens is 396 g/mol. The van der Waals surface area contributed by atoms with Crippen LogP contribution in [0.25, 0.3) is 17.0 Å². The Morgan fingerprint density at radius 2 is 1.79 bits per heavy atom. The van der Waals surface area contributed by atoms with Crippen molar-refractivity contribution in [3.8, 4) is 0 Å². The van der Waals surface area contributed by atoms with Crippen molar-refractivity contribution in [1.29, 1.82) is 0 Å². The summed E-state index contributed by atoms with van der Waals surface area (Å²) >= 11 is 6.20. The number of hydrogen-bond donors (Lipinski definition) is 1. The van der Waals surface area contributed by atoms with Crippen molar-refractivity contribution in [2.24, 2.45) is 0 Å². The quantitative estimate of drug-likeness (QED) is 0.529. The van der Waals surface area contributed by atoms with Crippen molar-refractivity contribution < 1.29 is 14.0 Å². The number of nitrogens with zero attached hydrogens (tertiary/aromatic N) is 1. The molecule has 1 aliphatic rings. The zero-order chi connectivity index (χ0) is 19.7. The predicted molar refractivity (Wildman–Crippen MR) is 111 cm³/mol. The van der Waals surface area contributed by atoms with Gasteiger partial charge in [0.15, 0.2) is 9.75 Å². The third-order valence-corrected chi connectivity index (χ3v) is 5.34. The molecule has 6 nitrogen and oxygen atoms in total. The normalized spacial score (nSPS) is 15.4. The van der Waals surface area contributed by atoms with Crippen molar-refractivity contribution in [2.45, 2.75) is 0 Å². The summed E-state index contributed by atoms with van der Waals surface area (Å²) in [6.07, 6.45) is 2.73. The Hall–Kier alpha value is -3.23. The molecule has 8 heteroatoms. The van der Waals surface area contributed by atoms with E-state index >= 15 is 0 Å². The molecule has 0 radical (unpaired) electrons. The average molecular weight is 408 g/mol. The van der Waals surface area contributed by atoms with Gasteiger partial charge in [0.25, 0.3) is 11.8 Å². The van der Waals surface area contributed by atoms with Gasteiger partial charge >= 0.3 is 0 Å². The Morgan fingerprint density at radius 1 is 1.07 bits per heavy atom. The minimum absolute atomic E-state index is 0.172. The Balaban J connectivity index is 1.61. The summed E-state index contributed by atoms with van der Waals surface area (Å²) in [5.74, 6) is -0.963. The molecule has 2 heterocycles. The zero-order valence-electron chi connectivity index (χ0n) is 14.2. The van der Waals surface area contributed by atoms with Crippen LogP contribution in [0.2, 0.25) is 0 Å². The lowest BCUT2D eigenvalue weighted by molar-refractivity contribution is -0.123. The lowest BCUT2D eigenvalue weighted by atomic mass is 10.1. The first-order valence-electron chi connectivity index (χ1n) is 8.19. The molecule has 2 aromatic carbocycles. The Morgan fingerprint density at radius 3 is 2.57 bits per heavy atom. The molecule has 1 fully saturated rings. The number of thioether (sulfide) groups is 1. The molecule has 0 spiro atoms. The van der Waals surface area contributed by atoms with Crippen molar-refractivity contribution in [3.05, 3.63) is 87.1 Å². The number of amides is 2. The number of nitrogens with one attached hydrogen (secondary N) is 1. The molecule has 0 aliphatic carbocycles. The van der Waals surface area contributed by atoms with Crippen LogP contribution < -0.4 is 10.9 Å². The molecule has 0 unspecified atom stereocenters. The van der Waals surface area contributed by atoms with Crippen LogP contribution in [0.1, 0.15) is 15.9 Å². The van der Waals surface area contributed by atoms with Gasteiger partial charge in [0.05, 0.1) is 15.9 Å². The maximum atomic E-state index is 12.7. The molecule has 3 aromatic rings. The van der Waals surface area contributed by atoms with Crippen LogP contribution in [0.15, 0.2) is 75.0 Å². The van der Waals surface area contributed by atoms with E-state index in [1.54, 1.807) is 54.6 Å².